The molecule has 43 heavy (non-hydrogen) atoms. The van der Waals surface area contributed by atoms with E-state index in [4.69, 9.17) is 14.2 Å². The van der Waals surface area contributed by atoms with E-state index in [1.807, 2.05) is 53.4 Å². The second-order valence-corrected chi connectivity index (χ2v) is 10.7. The highest BCUT2D eigenvalue weighted by Crippen LogP contribution is 2.43. The number of rotatable bonds is 10. The van der Waals surface area contributed by atoms with Crippen LogP contribution in [0.3, 0.4) is 0 Å². The second-order valence-electron chi connectivity index (χ2n) is 10.7. The lowest BCUT2D eigenvalue weighted by Crippen LogP contribution is -2.34. The van der Waals surface area contributed by atoms with E-state index < -0.39 is 35.6 Å². The fourth-order valence-electron chi connectivity index (χ4n) is 5.41. The first-order valence-corrected chi connectivity index (χ1v) is 14.1. The van der Waals surface area contributed by atoms with Crippen molar-refractivity contribution in [2.24, 2.45) is 11.8 Å². The fourth-order valence-corrected chi connectivity index (χ4v) is 5.41. The fraction of sp³-hybridized carbons (Fsp3) is 0.394. The van der Waals surface area contributed by atoms with Crippen LogP contribution in [0, 0.1) is 18.8 Å². The maximum absolute atomic E-state index is 14.5. The van der Waals surface area contributed by atoms with Gasteiger partial charge in [0, 0.05) is 13.1 Å². The topological polar surface area (TPSA) is 81.1 Å². The number of methoxy groups -OCH3 is 2. The van der Waals surface area contributed by atoms with Crippen molar-refractivity contribution in [1.29, 1.82) is 0 Å². The predicted octanol–water partition coefficient (Wildman–Crippen LogP) is 6.60. The Kier molecular flexibility index (Phi) is 10.0. The van der Waals surface area contributed by atoms with Gasteiger partial charge in [0.25, 0.3) is 0 Å². The molecule has 3 aromatic rings. The number of pyridine rings is 1. The van der Waals surface area contributed by atoms with Gasteiger partial charge in [0.05, 0.1) is 44.1 Å². The zero-order valence-electron chi connectivity index (χ0n) is 24.9. The highest BCUT2D eigenvalue weighted by molar-refractivity contribution is 5.78. The second kappa shape index (κ2) is 13.5. The molecule has 4 rings (SSSR count). The Labute approximate surface area is 249 Å². The Morgan fingerprint density at radius 3 is 2.00 bits per heavy atom. The van der Waals surface area contributed by atoms with Crippen LogP contribution in [0.2, 0.25) is 0 Å². The quantitative estimate of drug-likeness (QED) is 0.264. The average Bonchev–Trinajstić information content (AvgIpc) is 2.97. The Morgan fingerprint density at radius 2 is 1.53 bits per heavy atom. The summed E-state index contributed by atoms with van der Waals surface area (Å²) in [5.74, 6) is -0.196. The summed E-state index contributed by atoms with van der Waals surface area (Å²) in [6.45, 7) is 5.68. The summed E-state index contributed by atoms with van der Waals surface area (Å²) in [6.07, 6.45) is -4.53. The summed E-state index contributed by atoms with van der Waals surface area (Å²) in [6, 6.07) is 16.4. The Bertz CT molecular complexity index is 1390. The molecule has 0 spiro atoms. The van der Waals surface area contributed by atoms with E-state index in [-0.39, 0.29) is 29.9 Å². The molecule has 1 heterocycles. The number of aliphatic hydroxyl groups excluding tert-OH is 1. The highest BCUT2D eigenvalue weighted by Gasteiger charge is 2.41. The third-order valence-electron chi connectivity index (χ3n) is 7.64. The molecule has 0 amide bonds. The summed E-state index contributed by atoms with van der Waals surface area (Å²) < 4.78 is 59.2. The van der Waals surface area contributed by atoms with Crippen molar-refractivity contribution < 1.29 is 37.3 Å². The Morgan fingerprint density at radius 1 is 1.00 bits per heavy atom. The number of carbonyl (C=O) groups excluding carboxylic acids is 1. The molecule has 0 radical (unpaired) electrons. The summed E-state index contributed by atoms with van der Waals surface area (Å²) in [5.41, 5.74) is 0.980. The molecular weight excluding hydrogens is 561 g/mol. The minimum atomic E-state index is -4.69. The van der Waals surface area contributed by atoms with Gasteiger partial charge in [-0.1, -0.05) is 31.2 Å². The number of allylic oxidation sites excluding steroid dienone is 1. The van der Waals surface area contributed by atoms with Gasteiger partial charge in [0.1, 0.15) is 17.3 Å². The van der Waals surface area contributed by atoms with Crippen LogP contribution < -0.4 is 14.4 Å². The lowest BCUT2D eigenvalue weighted by molar-refractivity contribution is -0.152. The number of ether oxygens (including phenoxy) is 3. The van der Waals surface area contributed by atoms with Gasteiger partial charge in [0.15, 0.2) is 0 Å². The van der Waals surface area contributed by atoms with Crippen LogP contribution >= 0.6 is 0 Å². The molecule has 1 aromatic heterocycles. The van der Waals surface area contributed by atoms with Gasteiger partial charge in [-0.05, 0) is 84.9 Å². The van der Waals surface area contributed by atoms with E-state index in [0.717, 1.165) is 11.1 Å². The third kappa shape index (κ3) is 7.48. The number of benzene rings is 2. The number of halogens is 3. The van der Waals surface area contributed by atoms with Crippen molar-refractivity contribution in [1.82, 2.24) is 4.98 Å². The predicted molar refractivity (Wildman–Crippen MR) is 158 cm³/mol. The van der Waals surface area contributed by atoms with Gasteiger partial charge >= 0.3 is 12.1 Å². The summed E-state index contributed by atoms with van der Waals surface area (Å²) in [5, 5.41) is 10.8. The van der Waals surface area contributed by atoms with Gasteiger partial charge in [-0.2, -0.15) is 13.2 Å². The zero-order chi connectivity index (χ0) is 31.3. The molecule has 0 saturated carbocycles. The van der Waals surface area contributed by atoms with Gasteiger partial charge in [-0.25, -0.2) is 4.98 Å². The van der Waals surface area contributed by atoms with E-state index in [9.17, 15) is 23.1 Å². The van der Waals surface area contributed by atoms with Gasteiger partial charge in [-0.15, -0.1) is 0 Å². The molecular formula is C33H37F3N2O5. The maximum Gasteiger partial charge on any atom is 0.418 e. The maximum atomic E-state index is 14.5. The minimum Gasteiger partial charge on any atom is -0.497 e. The van der Waals surface area contributed by atoms with Crippen LogP contribution in [0.25, 0.3) is 5.57 Å². The number of aliphatic hydroxyl groups is 1. The van der Waals surface area contributed by atoms with Crippen molar-refractivity contribution in [3.05, 3.63) is 88.6 Å². The highest BCUT2D eigenvalue weighted by atomic mass is 19.4. The number of carbonyl (C=O) groups is 1. The van der Waals surface area contributed by atoms with Crippen LogP contribution in [0.1, 0.15) is 48.2 Å². The monoisotopic (exact) mass is 598 g/mol. The first kappa shape index (κ1) is 31.9. The number of aryl methyl sites for hydroxylation is 1. The van der Waals surface area contributed by atoms with E-state index in [1.54, 1.807) is 28.1 Å². The number of hydrogen-bond donors (Lipinski definition) is 1. The molecule has 3 atom stereocenters. The molecule has 0 saturated heterocycles. The van der Waals surface area contributed by atoms with Crippen LogP contribution in [0.15, 0.2) is 60.7 Å². The normalized spacial score (nSPS) is 18.5. The van der Waals surface area contributed by atoms with Crippen molar-refractivity contribution in [3.8, 4) is 11.5 Å². The van der Waals surface area contributed by atoms with Crippen molar-refractivity contribution in [2.75, 3.05) is 25.7 Å². The van der Waals surface area contributed by atoms with Gasteiger partial charge in [-0.3, -0.25) is 4.79 Å². The number of hydrogen-bond acceptors (Lipinski definition) is 7. The lowest BCUT2D eigenvalue weighted by atomic mass is 9.78. The minimum absolute atomic E-state index is 0.0112. The van der Waals surface area contributed by atoms with E-state index >= 15 is 0 Å². The van der Waals surface area contributed by atoms with Crippen molar-refractivity contribution >= 4 is 17.4 Å². The van der Waals surface area contributed by atoms with E-state index in [1.165, 1.54) is 19.1 Å². The number of aromatic nitrogens is 1. The molecule has 0 fully saturated rings. The largest absolute Gasteiger partial charge is 0.497 e. The third-order valence-corrected chi connectivity index (χ3v) is 7.64. The van der Waals surface area contributed by atoms with E-state index in [0.29, 0.717) is 30.4 Å². The Hall–Kier alpha value is -4.05. The molecule has 2 aromatic carbocycles. The standard InChI is InChI=1S/C33H37F3N2O5/c1-6-43-32(40)27-15-20(2)26(17-28(27)39)31-30(33(34,35)36)21(3)16-29(37-31)38(18-22-7-11-24(41-4)12-8-22)19-23-9-13-25(42-5)14-10-23/h7-14,16-17,20,27-28,39H,6,15,18-19H2,1-5H3. The van der Waals surface area contributed by atoms with E-state index in [2.05, 4.69) is 4.98 Å². The molecule has 10 heteroatoms. The summed E-state index contributed by atoms with van der Waals surface area (Å²) in [7, 11) is 3.16. The van der Waals surface area contributed by atoms with Gasteiger partial charge < -0.3 is 24.2 Å². The molecule has 1 N–H and O–H groups in total. The molecule has 3 unspecified atom stereocenters. The smallest absolute Gasteiger partial charge is 0.418 e. The Balaban J connectivity index is 1.82. The number of esters is 1. The zero-order valence-corrected chi connectivity index (χ0v) is 24.9. The SMILES string of the molecule is CCOC(=O)C1CC(C)C(c2nc(N(Cc3ccc(OC)cc3)Cc3ccc(OC)cc3)cc(C)c2C(F)(F)F)=CC1O. The molecule has 1 aliphatic rings. The number of alkyl halides is 3. The number of nitrogens with zero attached hydrogens (tertiary/aromatic N) is 2. The lowest BCUT2D eigenvalue weighted by Gasteiger charge is -2.32. The van der Waals surface area contributed by atoms with Crippen LogP contribution in [-0.2, 0) is 28.8 Å². The molecule has 230 valence electrons. The molecule has 1 aliphatic carbocycles. The molecule has 0 bridgehead atoms. The van der Waals surface area contributed by atoms with Crippen molar-refractivity contribution in [2.45, 2.75) is 52.6 Å². The van der Waals surface area contributed by atoms with Crippen LogP contribution in [0.5, 0.6) is 11.5 Å². The average molecular weight is 599 g/mol. The summed E-state index contributed by atoms with van der Waals surface area (Å²) >= 11 is 0. The molecule has 0 aliphatic heterocycles. The molecule has 7 nitrogen and oxygen atoms in total. The van der Waals surface area contributed by atoms with Gasteiger partial charge in [0.2, 0.25) is 0 Å². The number of anilines is 1. The van der Waals surface area contributed by atoms with Crippen LogP contribution in [-0.4, -0.2) is 43.0 Å². The van der Waals surface area contributed by atoms with Crippen molar-refractivity contribution in [3.63, 3.8) is 0 Å². The summed E-state index contributed by atoms with van der Waals surface area (Å²) in [4.78, 5) is 19.0. The first-order chi connectivity index (χ1) is 20.4. The first-order valence-electron chi connectivity index (χ1n) is 14.1. The van der Waals surface area contributed by atoms with Crippen LogP contribution in [0.4, 0.5) is 19.0 Å².